The fraction of sp³-hybridized carbons (Fsp3) is 0.714. The van der Waals surface area contributed by atoms with Crippen LogP contribution in [0.25, 0.3) is 0 Å². The van der Waals surface area contributed by atoms with Crippen molar-refractivity contribution in [3.05, 3.63) is 0 Å². The molecule has 1 saturated heterocycles. The molecular formula is C7H11NO3. The quantitative estimate of drug-likeness (QED) is 0.571. The van der Waals surface area contributed by atoms with Gasteiger partial charge in [0, 0.05) is 12.8 Å². The summed E-state index contributed by atoms with van der Waals surface area (Å²) in [7, 11) is 0. The van der Waals surface area contributed by atoms with Gasteiger partial charge in [-0.05, 0) is 0 Å². The molecule has 0 bridgehead atoms. The number of cyclic esters (lactones) is 1. The Balaban J connectivity index is 2.69. The molecule has 0 aromatic rings. The molecule has 4 nitrogen and oxygen atoms in total. The van der Waals surface area contributed by atoms with E-state index in [0.717, 1.165) is 0 Å². The fourth-order valence-corrected chi connectivity index (χ4v) is 1.09. The highest BCUT2D eigenvalue weighted by Crippen LogP contribution is 2.22. The first-order chi connectivity index (χ1) is 5.08. The average Bonchev–Trinajstić information content (AvgIpc) is 2.31. The van der Waals surface area contributed by atoms with Crippen LogP contribution in [0.4, 0.5) is 0 Å². The molecule has 4 heteroatoms. The third-order valence-electron chi connectivity index (χ3n) is 1.79. The van der Waals surface area contributed by atoms with Gasteiger partial charge < -0.3 is 4.74 Å². The largest absolute Gasteiger partial charge is 0.437 e. The molecule has 0 aromatic carbocycles. The number of ketones is 1. The van der Waals surface area contributed by atoms with Crippen molar-refractivity contribution in [2.24, 2.45) is 5.73 Å². The highest BCUT2D eigenvalue weighted by molar-refractivity contribution is 5.91. The maximum atomic E-state index is 11.1. The summed E-state index contributed by atoms with van der Waals surface area (Å²) >= 11 is 0. The molecule has 1 aliphatic heterocycles. The highest BCUT2D eigenvalue weighted by atomic mass is 16.6. The summed E-state index contributed by atoms with van der Waals surface area (Å²) in [5.74, 6) is -0.586. The van der Waals surface area contributed by atoms with E-state index in [4.69, 9.17) is 10.5 Å². The van der Waals surface area contributed by atoms with E-state index < -0.39 is 5.72 Å². The van der Waals surface area contributed by atoms with E-state index in [-0.39, 0.29) is 18.2 Å². The van der Waals surface area contributed by atoms with Crippen LogP contribution in [0.3, 0.4) is 0 Å². The van der Waals surface area contributed by atoms with Gasteiger partial charge in [0.1, 0.15) is 0 Å². The summed E-state index contributed by atoms with van der Waals surface area (Å²) in [6.07, 6.45) is 0.879. The van der Waals surface area contributed by atoms with Gasteiger partial charge in [-0.3, -0.25) is 15.3 Å². The van der Waals surface area contributed by atoms with E-state index in [1.807, 2.05) is 0 Å². The van der Waals surface area contributed by atoms with Crippen LogP contribution in [0.15, 0.2) is 0 Å². The van der Waals surface area contributed by atoms with Gasteiger partial charge in [0.15, 0.2) is 5.78 Å². The Hall–Kier alpha value is -0.900. The van der Waals surface area contributed by atoms with Gasteiger partial charge in [-0.2, -0.15) is 0 Å². The Morgan fingerprint density at radius 1 is 1.82 bits per heavy atom. The lowest BCUT2D eigenvalue weighted by Gasteiger charge is -2.19. The van der Waals surface area contributed by atoms with Crippen LogP contribution in [0.1, 0.15) is 26.2 Å². The topological polar surface area (TPSA) is 69.4 Å². The van der Waals surface area contributed by atoms with Gasteiger partial charge in [0.05, 0.1) is 6.42 Å². The molecule has 62 valence electrons. The Morgan fingerprint density at radius 2 is 2.45 bits per heavy atom. The van der Waals surface area contributed by atoms with Crippen LogP contribution < -0.4 is 5.73 Å². The first kappa shape index (κ1) is 8.20. The highest BCUT2D eigenvalue weighted by Gasteiger charge is 2.42. The van der Waals surface area contributed by atoms with Crippen LogP contribution in [0, 0.1) is 0 Å². The summed E-state index contributed by atoms with van der Waals surface area (Å²) in [5.41, 5.74) is 4.20. The minimum Gasteiger partial charge on any atom is -0.437 e. The fourth-order valence-electron chi connectivity index (χ4n) is 1.09. The van der Waals surface area contributed by atoms with Crippen molar-refractivity contribution in [1.82, 2.24) is 0 Å². The first-order valence-corrected chi connectivity index (χ1v) is 3.62. The maximum absolute atomic E-state index is 11.1. The summed E-state index contributed by atoms with van der Waals surface area (Å²) < 4.78 is 4.69. The van der Waals surface area contributed by atoms with Crippen LogP contribution in [0.2, 0.25) is 0 Å². The lowest BCUT2D eigenvalue weighted by molar-refractivity contribution is -0.156. The van der Waals surface area contributed by atoms with Gasteiger partial charge >= 0.3 is 5.97 Å². The van der Waals surface area contributed by atoms with Crippen molar-refractivity contribution >= 4 is 11.8 Å². The second kappa shape index (κ2) is 2.62. The molecule has 1 rings (SSSR count). The predicted molar refractivity (Wildman–Crippen MR) is 37.5 cm³/mol. The molecule has 0 aromatic heterocycles. The Kier molecular flexibility index (Phi) is 1.95. The number of carbonyl (C=O) groups is 2. The standard InChI is InChI=1S/C7H11NO3/c1-2-5(9)7(8)4-3-6(10)11-7/h2-4,8H2,1H3/t7-/m0/s1. The molecular weight excluding hydrogens is 146 g/mol. The number of ether oxygens (including phenoxy) is 1. The van der Waals surface area contributed by atoms with Crippen LogP contribution in [0.5, 0.6) is 0 Å². The lowest BCUT2D eigenvalue weighted by atomic mass is 10.0. The van der Waals surface area contributed by atoms with Gasteiger partial charge in [-0.1, -0.05) is 6.92 Å². The summed E-state index contributed by atoms with van der Waals surface area (Å²) in [4.78, 5) is 21.7. The first-order valence-electron chi connectivity index (χ1n) is 3.62. The monoisotopic (exact) mass is 157 g/mol. The molecule has 1 heterocycles. The zero-order valence-corrected chi connectivity index (χ0v) is 6.42. The lowest BCUT2D eigenvalue weighted by Crippen LogP contribution is -2.47. The zero-order chi connectivity index (χ0) is 8.48. The molecule has 0 amide bonds. The molecule has 2 N–H and O–H groups in total. The number of hydrogen-bond acceptors (Lipinski definition) is 4. The Morgan fingerprint density at radius 3 is 2.82 bits per heavy atom. The molecule has 0 unspecified atom stereocenters. The van der Waals surface area contributed by atoms with Crippen molar-refractivity contribution in [3.8, 4) is 0 Å². The zero-order valence-electron chi connectivity index (χ0n) is 6.42. The number of carbonyl (C=O) groups excluding carboxylic acids is 2. The van der Waals surface area contributed by atoms with Gasteiger partial charge in [0.25, 0.3) is 0 Å². The average molecular weight is 157 g/mol. The molecule has 0 aliphatic carbocycles. The van der Waals surface area contributed by atoms with Gasteiger partial charge in [-0.25, -0.2) is 0 Å². The van der Waals surface area contributed by atoms with Crippen molar-refractivity contribution in [1.29, 1.82) is 0 Å². The van der Waals surface area contributed by atoms with E-state index in [1.165, 1.54) is 0 Å². The minimum atomic E-state index is -1.31. The van der Waals surface area contributed by atoms with Gasteiger partial charge in [0.2, 0.25) is 5.72 Å². The van der Waals surface area contributed by atoms with Crippen LogP contribution >= 0.6 is 0 Å². The number of nitrogens with two attached hydrogens (primary N) is 1. The number of esters is 1. The molecule has 1 atom stereocenters. The van der Waals surface area contributed by atoms with E-state index in [0.29, 0.717) is 12.8 Å². The second-order valence-corrected chi connectivity index (χ2v) is 2.64. The smallest absolute Gasteiger partial charge is 0.308 e. The Labute approximate surface area is 64.7 Å². The number of rotatable bonds is 2. The van der Waals surface area contributed by atoms with Crippen molar-refractivity contribution in [2.75, 3.05) is 0 Å². The summed E-state index contributed by atoms with van der Waals surface area (Å²) in [6.45, 7) is 1.70. The molecule has 0 radical (unpaired) electrons. The minimum absolute atomic E-state index is 0.205. The third-order valence-corrected chi connectivity index (χ3v) is 1.79. The predicted octanol–water partition coefficient (Wildman–Crippen LogP) is -0.0425. The number of Topliss-reactive ketones (excluding diaryl/α,β-unsaturated/α-hetero) is 1. The molecule has 1 fully saturated rings. The maximum Gasteiger partial charge on any atom is 0.308 e. The third kappa shape index (κ3) is 1.40. The SMILES string of the molecule is CCC(=O)[C@]1(N)CCC(=O)O1. The summed E-state index contributed by atoms with van der Waals surface area (Å²) in [6, 6.07) is 0. The van der Waals surface area contributed by atoms with E-state index >= 15 is 0 Å². The molecule has 11 heavy (non-hydrogen) atoms. The van der Waals surface area contributed by atoms with Crippen LogP contribution in [-0.2, 0) is 14.3 Å². The van der Waals surface area contributed by atoms with Crippen molar-refractivity contribution in [3.63, 3.8) is 0 Å². The molecule has 0 saturated carbocycles. The summed E-state index contributed by atoms with van der Waals surface area (Å²) in [5, 5.41) is 0. The van der Waals surface area contributed by atoms with Crippen molar-refractivity contribution in [2.45, 2.75) is 31.9 Å². The normalized spacial score (nSPS) is 30.2. The molecule has 1 aliphatic rings. The van der Waals surface area contributed by atoms with E-state index in [2.05, 4.69) is 0 Å². The van der Waals surface area contributed by atoms with E-state index in [9.17, 15) is 9.59 Å². The number of hydrogen-bond donors (Lipinski definition) is 1. The van der Waals surface area contributed by atoms with E-state index in [1.54, 1.807) is 6.92 Å². The van der Waals surface area contributed by atoms with Gasteiger partial charge in [-0.15, -0.1) is 0 Å². The molecule has 0 spiro atoms. The van der Waals surface area contributed by atoms with Crippen molar-refractivity contribution < 1.29 is 14.3 Å². The second-order valence-electron chi connectivity index (χ2n) is 2.64. The Bertz CT molecular complexity index is 202. The van der Waals surface area contributed by atoms with Crippen LogP contribution in [-0.4, -0.2) is 17.5 Å².